The fourth-order valence-electron chi connectivity index (χ4n) is 5.50. The number of aliphatic imine (C=N–C) groups is 1. The number of thioether (sulfide) groups is 1. The van der Waals surface area contributed by atoms with Gasteiger partial charge in [0.15, 0.2) is 5.17 Å². The van der Waals surface area contributed by atoms with Crippen molar-refractivity contribution < 1.29 is 9.53 Å². The minimum Gasteiger partial charge on any atom is -0.463 e. The minimum absolute atomic E-state index is 0.268. The monoisotopic (exact) mass is 533 g/mol. The molecule has 0 spiro atoms. The summed E-state index contributed by atoms with van der Waals surface area (Å²) in [4.78, 5) is 23.6. The first kappa shape index (κ1) is 25.3. The van der Waals surface area contributed by atoms with E-state index in [-0.39, 0.29) is 12.0 Å². The predicted molar refractivity (Wildman–Crippen MR) is 164 cm³/mol. The van der Waals surface area contributed by atoms with Crippen LogP contribution in [0.25, 0.3) is 27.6 Å². The van der Waals surface area contributed by atoms with Crippen LogP contribution in [0.1, 0.15) is 31.0 Å². The number of rotatable bonds is 5. The Morgan fingerprint density at radius 2 is 1.67 bits per heavy atom. The SMILES string of the molecule is CCOC(=O)C1=C(C)N=C2SC(=Cc3c4ccccc4cc4ccccc34)CN2C1c1ccc(N(C)C)cc1. The van der Waals surface area contributed by atoms with Gasteiger partial charge in [0, 0.05) is 24.7 Å². The van der Waals surface area contributed by atoms with Gasteiger partial charge in [-0.2, -0.15) is 0 Å². The van der Waals surface area contributed by atoms with Gasteiger partial charge in [0.25, 0.3) is 0 Å². The van der Waals surface area contributed by atoms with Crippen molar-refractivity contribution in [3.05, 3.63) is 106 Å². The quantitative estimate of drug-likeness (QED) is 0.198. The molecule has 4 aromatic rings. The second kappa shape index (κ2) is 10.3. The van der Waals surface area contributed by atoms with Gasteiger partial charge in [0.1, 0.15) is 0 Å². The summed E-state index contributed by atoms with van der Waals surface area (Å²) in [6.07, 6.45) is 2.31. The molecular formula is C33H31N3O2S. The third kappa shape index (κ3) is 4.59. The summed E-state index contributed by atoms with van der Waals surface area (Å²) in [5.74, 6) is -0.304. The van der Waals surface area contributed by atoms with Gasteiger partial charge in [0.05, 0.1) is 30.5 Å². The van der Waals surface area contributed by atoms with Crippen molar-refractivity contribution in [1.29, 1.82) is 0 Å². The molecule has 1 saturated heterocycles. The number of nitrogens with zero attached hydrogens (tertiary/aromatic N) is 3. The summed E-state index contributed by atoms with van der Waals surface area (Å²) in [6, 6.07) is 27.5. The maximum absolute atomic E-state index is 13.2. The number of anilines is 1. The van der Waals surface area contributed by atoms with Crippen molar-refractivity contribution in [2.75, 3.05) is 32.1 Å². The van der Waals surface area contributed by atoms with E-state index in [1.54, 1.807) is 11.8 Å². The number of carbonyl (C=O) groups excluding carboxylic acids is 1. The number of hydrogen-bond acceptors (Lipinski definition) is 6. The molecule has 1 atom stereocenters. The molecule has 6 heteroatoms. The Hall–Kier alpha value is -4.03. The molecular weight excluding hydrogens is 502 g/mol. The molecule has 0 bridgehead atoms. The molecule has 1 fully saturated rings. The van der Waals surface area contributed by atoms with Gasteiger partial charge in [-0.05, 0) is 70.8 Å². The standard InChI is InChI=1S/C33H31N3O2S/c1-5-38-32(37)30-21(2)34-33-36(31(30)22-14-16-25(17-15-22)35(3)4)20-26(39-33)19-29-27-12-8-6-10-23(27)18-24-11-7-9-13-28(24)29/h6-19,31H,5,20H2,1-4H3. The fourth-order valence-corrected chi connectivity index (χ4v) is 6.58. The molecule has 6 rings (SSSR count). The number of hydrogen-bond donors (Lipinski definition) is 0. The summed E-state index contributed by atoms with van der Waals surface area (Å²) in [6.45, 7) is 4.75. The van der Waals surface area contributed by atoms with E-state index in [1.165, 1.54) is 32.0 Å². The lowest BCUT2D eigenvalue weighted by molar-refractivity contribution is -0.139. The maximum atomic E-state index is 13.2. The molecule has 0 saturated carbocycles. The average molecular weight is 534 g/mol. The topological polar surface area (TPSA) is 45.1 Å². The number of carbonyl (C=O) groups is 1. The fraction of sp³-hybridized carbons (Fsp3) is 0.212. The van der Waals surface area contributed by atoms with Gasteiger partial charge in [-0.3, -0.25) is 0 Å². The second-order valence-electron chi connectivity index (χ2n) is 10.1. The van der Waals surface area contributed by atoms with Gasteiger partial charge in [-0.15, -0.1) is 0 Å². The Morgan fingerprint density at radius 3 is 2.28 bits per heavy atom. The van der Waals surface area contributed by atoms with Crippen LogP contribution in [0.5, 0.6) is 0 Å². The molecule has 0 amide bonds. The highest BCUT2D eigenvalue weighted by Gasteiger charge is 2.40. The number of ether oxygens (including phenoxy) is 1. The highest BCUT2D eigenvalue weighted by atomic mass is 32.2. The number of esters is 1. The molecule has 2 aliphatic heterocycles. The van der Waals surface area contributed by atoms with Crippen molar-refractivity contribution in [3.8, 4) is 0 Å². The van der Waals surface area contributed by atoms with Crippen LogP contribution >= 0.6 is 11.8 Å². The summed E-state index contributed by atoms with van der Waals surface area (Å²) < 4.78 is 5.51. The van der Waals surface area contributed by atoms with E-state index < -0.39 is 0 Å². The van der Waals surface area contributed by atoms with Gasteiger partial charge >= 0.3 is 5.97 Å². The van der Waals surface area contributed by atoms with Crippen molar-refractivity contribution in [3.63, 3.8) is 0 Å². The molecule has 1 unspecified atom stereocenters. The molecule has 0 radical (unpaired) electrons. The number of amidine groups is 1. The summed E-state index contributed by atoms with van der Waals surface area (Å²) in [5, 5.41) is 5.82. The smallest absolute Gasteiger partial charge is 0.338 e. The van der Waals surface area contributed by atoms with Gasteiger partial charge < -0.3 is 14.5 Å². The van der Waals surface area contributed by atoms with Crippen LogP contribution < -0.4 is 4.90 Å². The van der Waals surface area contributed by atoms with Gasteiger partial charge in [-0.25, -0.2) is 9.79 Å². The Morgan fingerprint density at radius 1 is 1.03 bits per heavy atom. The lowest BCUT2D eigenvalue weighted by Crippen LogP contribution is -2.36. The van der Waals surface area contributed by atoms with E-state index in [4.69, 9.17) is 9.73 Å². The van der Waals surface area contributed by atoms with E-state index in [9.17, 15) is 4.79 Å². The molecule has 0 N–H and O–H groups in total. The van der Waals surface area contributed by atoms with Crippen LogP contribution in [0.15, 0.2) is 100 Å². The van der Waals surface area contributed by atoms with Crippen LogP contribution in [0.3, 0.4) is 0 Å². The number of benzene rings is 4. The van der Waals surface area contributed by atoms with Crippen LogP contribution in [-0.2, 0) is 9.53 Å². The molecule has 4 aromatic carbocycles. The minimum atomic E-state index is -0.304. The Kier molecular flexibility index (Phi) is 6.65. The Labute approximate surface area is 233 Å². The number of fused-ring (bicyclic) bond motifs is 3. The molecule has 0 aromatic heterocycles. The zero-order chi connectivity index (χ0) is 27.1. The third-order valence-electron chi connectivity index (χ3n) is 7.37. The molecule has 0 aliphatic carbocycles. The first-order valence-electron chi connectivity index (χ1n) is 13.2. The summed E-state index contributed by atoms with van der Waals surface area (Å²) >= 11 is 1.69. The maximum Gasteiger partial charge on any atom is 0.338 e. The van der Waals surface area contributed by atoms with E-state index in [2.05, 4.69) is 94.7 Å². The summed E-state index contributed by atoms with van der Waals surface area (Å²) in [5.41, 5.74) is 4.70. The largest absolute Gasteiger partial charge is 0.463 e. The zero-order valence-corrected chi connectivity index (χ0v) is 23.5. The molecule has 2 heterocycles. The normalized spacial score (nSPS) is 18.1. The van der Waals surface area contributed by atoms with Crippen LogP contribution in [0.2, 0.25) is 0 Å². The molecule has 5 nitrogen and oxygen atoms in total. The van der Waals surface area contributed by atoms with E-state index in [1.807, 2.05) is 27.9 Å². The molecule has 196 valence electrons. The van der Waals surface area contributed by atoms with Crippen LogP contribution in [0.4, 0.5) is 5.69 Å². The first-order chi connectivity index (χ1) is 18.9. The third-order valence-corrected chi connectivity index (χ3v) is 8.39. The van der Waals surface area contributed by atoms with E-state index in [0.29, 0.717) is 24.4 Å². The zero-order valence-electron chi connectivity index (χ0n) is 22.6. The Bertz CT molecular complexity index is 1630. The second-order valence-corrected chi connectivity index (χ2v) is 11.2. The molecule has 2 aliphatic rings. The Balaban J connectivity index is 1.45. The molecule has 39 heavy (non-hydrogen) atoms. The van der Waals surface area contributed by atoms with Gasteiger partial charge in [0.2, 0.25) is 0 Å². The predicted octanol–water partition coefficient (Wildman–Crippen LogP) is 7.40. The van der Waals surface area contributed by atoms with E-state index in [0.717, 1.165) is 16.4 Å². The average Bonchev–Trinajstić information content (AvgIpc) is 3.34. The van der Waals surface area contributed by atoms with E-state index >= 15 is 0 Å². The van der Waals surface area contributed by atoms with Crippen molar-refractivity contribution in [2.24, 2.45) is 4.99 Å². The lowest BCUT2D eigenvalue weighted by Gasteiger charge is -2.34. The summed E-state index contributed by atoms with van der Waals surface area (Å²) in [7, 11) is 4.05. The van der Waals surface area contributed by atoms with Crippen molar-refractivity contribution >= 4 is 56.2 Å². The van der Waals surface area contributed by atoms with Crippen molar-refractivity contribution in [2.45, 2.75) is 19.9 Å². The lowest BCUT2D eigenvalue weighted by atomic mass is 9.94. The van der Waals surface area contributed by atoms with Crippen LogP contribution in [0, 0.1) is 0 Å². The van der Waals surface area contributed by atoms with Crippen LogP contribution in [-0.4, -0.2) is 43.3 Å². The first-order valence-corrected chi connectivity index (χ1v) is 14.1. The van der Waals surface area contributed by atoms with Crippen molar-refractivity contribution in [1.82, 2.24) is 4.90 Å². The highest BCUT2D eigenvalue weighted by Crippen LogP contribution is 2.45. The van der Waals surface area contributed by atoms with Gasteiger partial charge in [-0.1, -0.05) is 72.4 Å². The highest BCUT2D eigenvalue weighted by molar-refractivity contribution is 8.17. The number of allylic oxidation sites excluding steroid dienone is 1.